The van der Waals surface area contributed by atoms with Gasteiger partial charge in [0.05, 0.1) is 5.92 Å². The van der Waals surface area contributed by atoms with Crippen LogP contribution in [0, 0.1) is 5.92 Å². The lowest BCUT2D eigenvalue weighted by atomic mass is 9.97. The summed E-state index contributed by atoms with van der Waals surface area (Å²) >= 11 is 2.04. The van der Waals surface area contributed by atoms with Crippen LogP contribution in [0.25, 0.3) is 0 Å². The molecule has 5 heteroatoms. The number of thioether (sulfide) groups is 1. The molecule has 0 aromatic heterocycles. The molecule has 110 valence electrons. The van der Waals surface area contributed by atoms with E-state index in [4.69, 9.17) is 10.9 Å². The van der Waals surface area contributed by atoms with Crippen molar-refractivity contribution in [1.29, 1.82) is 0 Å². The molecular formula is C15H23N3OS. The number of nitrogens with zero attached hydrogens (tertiary/aromatic N) is 1. The number of hydrogen-bond donors (Lipinski definition) is 3. The van der Waals surface area contributed by atoms with Crippen LogP contribution in [0.4, 0.5) is 0 Å². The van der Waals surface area contributed by atoms with E-state index in [1.165, 1.54) is 24.3 Å². The maximum atomic E-state index is 8.95. The molecule has 1 unspecified atom stereocenters. The van der Waals surface area contributed by atoms with Crippen molar-refractivity contribution in [2.24, 2.45) is 16.8 Å². The topological polar surface area (TPSA) is 70.6 Å². The highest BCUT2D eigenvalue weighted by atomic mass is 32.2. The molecule has 4 N–H and O–H groups in total. The van der Waals surface area contributed by atoms with Crippen LogP contribution >= 0.6 is 11.8 Å². The average molecular weight is 293 g/mol. The molecule has 4 nitrogen and oxygen atoms in total. The van der Waals surface area contributed by atoms with Crippen molar-refractivity contribution in [2.45, 2.75) is 18.8 Å². The Kier molecular flexibility index (Phi) is 6.21. The molecule has 1 saturated heterocycles. The van der Waals surface area contributed by atoms with E-state index in [1.54, 1.807) is 0 Å². The van der Waals surface area contributed by atoms with Gasteiger partial charge in [-0.3, -0.25) is 0 Å². The van der Waals surface area contributed by atoms with Gasteiger partial charge in [-0.1, -0.05) is 35.5 Å². The molecule has 0 bridgehead atoms. The first-order valence-corrected chi connectivity index (χ1v) is 8.27. The van der Waals surface area contributed by atoms with E-state index >= 15 is 0 Å². The highest BCUT2D eigenvalue weighted by Gasteiger charge is 2.18. The van der Waals surface area contributed by atoms with Gasteiger partial charge in [0.1, 0.15) is 5.84 Å². The second kappa shape index (κ2) is 8.17. The first kappa shape index (κ1) is 15.2. The third-order valence-electron chi connectivity index (χ3n) is 3.80. The Morgan fingerprint density at radius 1 is 1.35 bits per heavy atom. The van der Waals surface area contributed by atoms with Crippen LogP contribution in [0.15, 0.2) is 35.5 Å². The lowest BCUT2D eigenvalue weighted by molar-refractivity contribution is 0.315. The van der Waals surface area contributed by atoms with Crippen molar-refractivity contribution >= 4 is 17.6 Å². The standard InChI is InChI=1S/C15H23N3OS/c16-15(18-19)14(13-4-2-1-3-5-13)11-17-10-12-6-8-20-9-7-12/h1-5,12,14,17,19H,6-11H2,(H2,16,18). The van der Waals surface area contributed by atoms with Crippen LogP contribution in [0.3, 0.4) is 0 Å². The summed E-state index contributed by atoms with van der Waals surface area (Å²) in [6, 6.07) is 9.96. The van der Waals surface area contributed by atoms with Crippen molar-refractivity contribution in [3.63, 3.8) is 0 Å². The van der Waals surface area contributed by atoms with Crippen LogP contribution in [-0.2, 0) is 0 Å². The monoisotopic (exact) mass is 293 g/mol. The minimum Gasteiger partial charge on any atom is -0.409 e. The molecule has 1 aromatic carbocycles. The molecule has 0 aliphatic carbocycles. The van der Waals surface area contributed by atoms with E-state index in [-0.39, 0.29) is 11.8 Å². The second-order valence-corrected chi connectivity index (χ2v) is 6.43. The van der Waals surface area contributed by atoms with Crippen molar-refractivity contribution in [1.82, 2.24) is 5.32 Å². The van der Waals surface area contributed by atoms with Crippen molar-refractivity contribution in [3.05, 3.63) is 35.9 Å². The first-order valence-electron chi connectivity index (χ1n) is 7.12. The van der Waals surface area contributed by atoms with Crippen molar-refractivity contribution in [3.8, 4) is 0 Å². The highest BCUT2D eigenvalue weighted by molar-refractivity contribution is 7.99. The van der Waals surface area contributed by atoms with Gasteiger partial charge < -0.3 is 16.3 Å². The molecule has 1 aliphatic rings. The normalized spacial score (nSPS) is 18.9. The van der Waals surface area contributed by atoms with Gasteiger partial charge in [-0.2, -0.15) is 11.8 Å². The number of hydrogen-bond acceptors (Lipinski definition) is 4. The number of nitrogens with two attached hydrogens (primary N) is 1. The molecule has 0 saturated carbocycles. The Morgan fingerprint density at radius 2 is 2.05 bits per heavy atom. The first-order chi connectivity index (χ1) is 9.81. The SMILES string of the molecule is N/C(=N/O)C(CNCC1CCSCC1)c1ccccc1. The Balaban J connectivity index is 1.88. The largest absolute Gasteiger partial charge is 0.409 e. The predicted molar refractivity (Wildman–Crippen MR) is 85.5 cm³/mol. The summed E-state index contributed by atoms with van der Waals surface area (Å²) in [6.45, 7) is 1.73. The minimum atomic E-state index is -0.0702. The molecule has 1 fully saturated rings. The maximum absolute atomic E-state index is 8.95. The van der Waals surface area contributed by atoms with Gasteiger partial charge in [-0.25, -0.2) is 0 Å². The van der Waals surface area contributed by atoms with Crippen LogP contribution < -0.4 is 11.1 Å². The quantitative estimate of drug-likeness (QED) is 0.326. The lowest BCUT2D eigenvalue weighted by Gasteiger charge is -2.23. The zero-order valence-electron chi connectivity index (χ0n) is 11.7. The molecule has 0 spiro atoms. The third-order valence-corrected chi connectivity index (χ3v) is 4.85. The van der Waals surface area contributed by atoms with Crippen molar-refractivity contribution in [2.75, 3.05) is 24.6 Å². The minimum absolute atomic E-state index is 0.0702. The molecule has 2 rings (SSSR count). The number of oxime groups is 1. The van der Waals surface area contributed by atoms with Crippen LogP contribution in [0.5, 0.6) is 0 Å². The van der Waals surface area contributed by atoms with E-state index in [0.29, 0.717) is 6.54 Å². The molecule has 1 atom stereocenters. The summed E-state index contributed by atoms with van der Waals surface area (Å²) in [4.78, 5) is 0. The molecule has 1 aliphatic heterocycles. The molecule has 20 heavy (non-hydrogen) atoms. The smallest absolute Gasteiger partial charge is 0.147 e. The fraction of sp³-hybridized carbons (Fsp3) is 0.533. The van der Waals surface area contributed by atoms with E-state index < -0.39 is 0 Å². The van der Waals surface area contributed by atoms with Crippen LogP contribution in [-0.4, -0.2) is 35.6 Å². The number of rotatable bonds is 6. The number of nitrogens with one attached hydrogen (secondary N) is 1. The Morgan fingerprint density at radius 3 is 2.70 bits per heavy atom. The zero-order valence-corrected chi connectivity index (χ0v) is 12.5. The van der Waals surface area contributed by atoms with E-state index in [2.05, 4.69) is 10.5 Å². The van der Waals surface area contributed by atoms with E-state index in [1.807, 2.05) is 42.1 Å². The summed E-state index contributed by atoms with van der Waals surface area (Å²) < 4.78 is 0. The lowest BCUT2D eigenvalue weighted by Crippen LogP contribution is -2.34. The predicted octanol–water partition coefficient (Wildman–Crippen LogP) is 2.25. The number of amidine groups is 1. The zero-order chi connectivity index (χ0) is 14.2. The Bertz CT molecular complexity index is 418. The summed E-state index contributed by atoms with van der Waals surface area (Å²) in [7, 11) is 0. The van der Waals surface area contributed by atoms with Gasteiger partial charge in [0.15, 0.2) is 0 Å². The van der Waals surface area contributed by atoms with Gasteiger partial charge in [0, 0.05) is 6.54 Å². The van der Waals surface area contributed by atoms with Gasteiger partial charge in [0.2, 0.25) is 0 Å². The van der Waals surface area contributed by atoms with Gasteiger partial charge in [-0.15, -0.1) is 0 Å². The van der Waals surface area contributed by atoms with Gasteiger partial charge >= 0.3 is 0 Å². The Hall–Kier alpha value is -1.20. The summed E-state index contributed by atoms with van der Waals surface area (Å²) in [5.74, 6) is 3.51. The van der Waals surface area contributed by atoms with Crippen LogP contribution in [0.2, 0.25) is 0 Å². The average Bonchev–Trinajstić information content (AvgIpc) is 2.53. The number of benzene rings is 1. The fourth-order valence-corrected chi connectivity index (χ4v) is 3.73. The molecule has 0 radical (unpaired) electrons. The van der Waals surface area contributed by atoms with Gasteiger partial charge in [0.25, 0.3) is 0 Å². The Labute approximate surface area is 124 Å². The molecule has 1 aromatic rings. The molecule has 1 heterocycles. The van der Waals surface area contributed by atoms with Gasteiger partial charge in [-0.05, 0) is 42.4 Å². The fourth-order valence-electron chi connectivity index (χ4n) is 2.53. The molecular weight excluding hydrogens is 270 g/mol. The van der Waals surface area contributed by atoms with Crippen molar-refractivity contribution < 1.29 is 5.21 Å². The van der Waals surface area contributed by atoms with E-state index in [0.717, 1.165) is 18.0 Å². The summed E-state index contributed by atoms with van der Waals surface area (Å²) in [5, 5.41) is 15.6. The maximum Gasteiger partial charge on any atom is 0.147 e. The summed E-state index contributed by atoms with van der Waals surface area (Å²) in [5.41, 5.74) is 6.90. The van der Waals surface area contributed by atoms with E-state index in [9.17, 15) is 0 Å². The second-order valence-electron chi connectivity index (χ2n) is 5.20. The molecule has 0 amide bonds. The van der Waals surface area contributed by atoms with Crippen LogP contribution in [0.1, 0.15) is 24.3 Å². The highest BCUT2D eigenvalue weighted by Crippen LogP contribution is 2.22. The third kappa shape index (κ3) is 4.42. The summed E-state index contributed by atoms with van der Waals surface area (Å²) in [6.07, 6.45) is 2.58.